The molecule has 2 unspecified atom stereocenters. The predicted molar refractivity (Wildman–Crippen MR) is 80.4 cm³/mol. The average Bonchev–Trinajstić information content (AvgIpc) is 2.77. The maximum Gasteiger partial charge on any atom is 0.153 e. The molecule has 1 saturated heterocycles. The third-order valence-corrected chi connectivity index (χ3v) is 5.61. The molecule has 1 aliphatic rings. The number of rotatable bonds is 5. The highest BCUT2D eigenvalue weighted by Gasteiger charge is 2.27. The van der Waals surface area contributed by atoms with Gasteiger partial charge in [0.05, 0.1) is 12.3 Å². The molecule has 0 aromatic carbocycles. The average molecular weight is 318 g/mol. The Bertz CT molecular complexity index is 542. The Hall–Kier alpha value is -0.500. The largest absolute Gasteiger partial charge is 0.395 e. The van der Waals surface area contributed by atoms with Gasteiger partial charge in [-0.25, -0.2) is 13.4 Å². The summed E-state index contributed by atoms with van der Waals surface area (Å²) in [4.78, 5) is 6.69. The fraction of sp³-hybridized carbons (Fsp3) is 0.769. The first-order valence-corrected chi connectivity index (χ1v) is 9.80. The molecule has 114 valence electrons. The Balaban J connectivity index is 2.05. The summed E-state index contributed by atoms with van der Waals surface area (Å²) in [7, 11) is -3.03. The van der Waals surface area contributed by atoms with Crippen molar-refractivity contribution >= 4 is 21.2 Å². The molecular weight excluding hydrogens is 296 g/mol. The highest BCUT2D eigenvalue weighted by molar-refractivity contribution is 7.90. The number of likely N-dealkylation sites (tertiary alicyclic amines) is 1. The van der Waals surface area contributed by atoms with Crippen LogP contribution in [0.1, 0.15) is 36.9 Å². The van der Waals surface area contributed by atoms with Crippen molar-refractivity contribution in [1.82, 2.24) is 9.88 Å². The minimum absolute atomic E-state index is 0.0106. The van der Waals surface area contributed by atoms with Gasteiger partial charge in [-0.3, -0.25) is 4.90 Å². The van der Waals surface area contributed by atoms with E-state index < -0.39 is 9.84 Å². The smallest absolute Gasteiger partial charge is 0.153 e. The summed E-state index contributed by atoms with van der Waals surface area (Å²) in [5, 5.41) is 12.0. The second kappa shape index (κ2) is 6.51. The van der Waals surface area contributed by atoms with Crippen LogP contribution < -0.4 is 0 Å². The van der Waals surface area contributed by atoms with E-state index in [4.69, 9.17) is 0 Å². The Morgan fingerprint density at radius 3 is 2.90 bits per heavy atom. The number of aromatic nitrogens is 1. The predicted octanol–water partition coefficient (Wildman–Crippen LogP) is 1.42. The van der Waals surface area contributed by atoms with E-state index >= 15 is 0 Å². The van der Waals surface area contributed by atoms with Crippen LogP contribution in [0.5, 0.6) is 0 Å². The first-order valence-electron chi connectivity index (χ1n) is 6.86. The summed E-state index contributed by atoms with van der Waals surface area (Å²) in [6, 6.07) is 0.625. The van der Waals surface area contributed by atoms with Crippen LogP contribution in [0.15, 0.2) is 5.38 Å². The van der Waals surface area contributed by atoms with E-state index in [-0.39, 0.29) is 18.4 Å². The van der Waals surface area contributed by atoms with Crippen LogP contribution in [-0.4, -0.2) is 48.4 Å². The van der Waals surface area contributed by atoms with E-state index in [1.807, 2.05) is 5.38 Å². The topological polar surface area (TPSA) is 70.5 Å². The third kappa shape index (κ3) is 4.25. The number of aliphatic hydroxyl groups is 1. The fourth-order valence-electron chi connectivity index (χ4n) is 2.72. The van der Waals surface area contributed by atoms with Crippen LogP contribution in [0.25, 0.3) is 0 Å². The molecule has 1 aromatic rings. The van der Waals surface area contributed by atoms with Crippen LogP contribution in [0.3, 0.4) is 0 Å². The molecule has 2 rings (SSSR count). The van der Waals surface area contributed by atoms with Gasteiger partial charge in [-0.1, -0.05) is 6.42 Å². The minimum atomic E-state index is -3.03. The molecule has 0 saturated carbocycles. The van der Waals surface area contributed by atoms with Crippen LogP contribution >= 0.6 is 11.3 Å². The minimum Gasteiger partial charge on any atom is -0.395 e. The Morgan fingerprint density at radius 1 is 1.50 bits per heavy atom. The molecule has 0 aliphatic carbocycles. The third-order valence-electron chi connectivity index (χ3n) is 3.73. The van der Waals surface area contributed by atoms with Gasteiger partial charge < -0.3 is 5.11 Å². The van der Waals surface area contributed by atoms with Gasteiger partial charge in [-0.15, -0.1) is 11.3 Å². The molecule has 1 aromatic heterocycles. The molecular formula is C13H22N2O3S2. The maximum atomic E-state index is 11.3. The van der Waals surface area contributed by atoms with Gasteiger partial charge in [0.2, 0.25) is 0 Å². The van der Waals surface area contributed by atoms with Crippen LogP contribution in [0.2, 0.25) is 0 Å². The lowest BCUT2D eigenvalue weighted by Crippen LogP contribution is -2.46. The van der Waals surface area contributed by atoms with Crippen molar-refractivity contribution in [1.29, 1.82) is 0 Å². The van der Waals surface area contributed by atoms with Gasteiger partial charge >= 0.3 is 0 Å². The van der Waals surface area contributed by atoms with Gasteiger partial charge in [0, 0.05) is 30.3 Å². The van der Waals surface area contributed by atoms with E-state index in [0.717, 1.165) is 25.0 Å². The van der Waals surface area contributed by atoms with E-state index in [1.54, 1.807) is 0 Å². The summed E-state index contributed by atoms with van der Waals surface area (Å²) in [5.74, 6) is 0.0106. The molecule has 0 amide bonds. The number of sulfone groups is 1. The molecule has 1 aliphatic heterocycles. The van der Waals surface area contributed by atoms with Crippen molar-refractivity contribution < 1.29 is 13.5 Å². The first-order chi connectivity index (χ1) is 9.39. The van der Waals surface area contributed by atoms with E-state index in [0.29, 0.717) is 17.6 Å². The van der Waals surface area contributed by atoms with Crippen LogP contribution in [-0.2, 0) is 22.1 Å². The molecule has 1 fully saturated rings. The number of aliphatic hydroxyl groups excluding tert-OH is 1. The highest BCUT2D eigenvalue weighted by atomic mass is 32.2. The molecule has 0 bridgehead atoms. The number of hydrogen-bond donors (Lipinski definition) is 1. The number of piperidine rings is 1. The van der Waals surface area contributed by atoms with E-state index in [9.17, 15) is 13.5 Å². The summed E-state index contributed by atoms with van der Waals surface area (Å²) < 4.78 is 22.5. The zero-order chi connectivity index (χ0) is 14.8. The zero-order valence-corrected chi connectivity index (χ0v) is 13.6. The second-order valence-electron chi connectivity index (χ2n) is 5.59. The molecule has 20 heavy (non-hydrogen) atoms. The highest BCUT2D eigenvalue weighted by Crippen LogP contribution is 2.25. The van der Waals surface area contributed by atoms with E-state index in [1.165, 1.54) is 17.6 Å². The lowest BCUT2D eigenvalue weighted by Gasteiger charge is -2.39. The summed E-state index contributed by atoms with van der Waals surface area (Å²) in [6.07, 6.45) is 4.53. The van der Waals surface area contributed by atoms with Crippen LogP contribution in [0.4, 0.5) is 0 Å². The van der Waals surface area contributed by atoms with Gasteiger partial charge in [0.25, 0.3) is 0 Å². The molecule has 5 nitrogen and oxygen atoms in total. The number of thiazole rings is 1. The fourth-order valence-corrected chi connectivity index (χ4v) is 4.72. The normalized spacial score (nSPS) is 24.9. The van der Waals surface area contributed by atoms with Gasteiger partial charge in [-0.05, 0) is 19.8 Å². The van der Waals surface area contributed by atoms with Crippen molar-refractivity contribution in [2.75, 3.05) is 12.9 Å². The van der Waals surface area contributed by atoms with Crippen molar-refractivity contribution in [3.8, 4) is 0 Å². The summed E-state index contributed by atoms with van der Waals surface area (Å²) in [5.41, 5.74) is 0.904. The van der Waals surface area contributed by atoms with Crippen molar-refractivity contribution in [3.63, 3.8) is 0 Å². The lowest BCUT2D eigenvalue weighted by atomic mass is 9.97. The second-order valence-corrected chi connectivity index (χ2v) is 8.67. The lowest BCUT2D eigenvalue weighted by molar-refractivity contribution is 0.0443. The van der Waals surface area contributed by atoms with E-state index in [2.05, 4.69) is 16.8 Å². The first kappa shape index (κ1) is 15.9. The Labute approximate surface area is 124 Å². The van der Waals surface area contributed by atoms with Crippen LogP contribution in [0, 0.1) is 0 Å². The number of hydrogen-bond acceptors (Lipinski definition) is 6. The molecule has 0 spiro atoms. The molecule has 2 heterocycles. The molecule has 2 atom stereocenters. The maximum absolute atomic E-state index is 11.3. The Kier molecular flexibility index (Phi) is 5.17. The molecule has 7 heteroatoms. The zero-order valence-electron chi connectivity index (χ0n) is 11.9. The Morgan fingerprint density at radius 2 is 2.25 bits per heavy atom. The van der Waals surface area contributed by atoms with Crippen molar-refractivity contribution in [3.05, 3.63) is 16.1 Å². The van der Waals surface area contributed by atoms with Crippen molar-refractivity contribution in [2.24, 2.45) is 0 Å². The van der Waals surface area contributed by atoms with Gasteiger partial charge in [-0.2, -0.15) is 0 Å². The quantitative estimate of drug-likeness (QED) is 0.889. The monoisotopic (exact) mass is 318 g/mol. The van der Waals surface area contributed by atoms with Gasteiger partial charge in [0.15, 0.2) is 9.84 Å². The number of nitrogens with zero attached hydrogens (tertiary/aromatic N) is 2. The molecule has 1 N–H and O–H groups in total. The summed E-state index contributed by atoms with van der Waals surface area (Å²) in [6.45, 7) is 3.03. The molecule has 0 radical (unpaired) electrons. The standard InChI is InChI=1S/C13H22N2O3S2/c1-10-4-3-5-12(7-16)15(10)6-11-8-19-13(14-11)9-20(2,17)18/h8,10,12,16H,3-7,9H2,1-2H3. The van der Waals surface area contributed by atoms with Crippen molar-refractivity contribution in [2.45, 2.75) is 50.6 Å². The SMILES string of the molecule is CC1CCCC(CO)N1Cc1csc(CS(C)(=O)=O)n1. The summed E-state index contributed by atoms with van der Waals surface area (Å²) >= 11 is 1.40. The van der Waals surface area contributed by atoms with Gasteiger partial charge in [0.1, 0.15) is 10.8 Å².